The zero-order valence-electron chi connectivity index (χ0n) is 11.3. The maximum atomic E-state index is 3.50. The fraction of sp³-hybridized carbons (Fsp3) is 0.571. The van der Waals surface area contributed by atoms with E-state index in [1.165, 1.54) is 20.9 Å². The topological polar surface area (TPSA) is 12.0 Å². The molecule has 0 atom stereocenters. The number of thiophene rings is 1. The van der Waals surface area contributed by atoms with Crippen molar-refractivity contribution in [3.05, 3.63) is 27.0 Å². The van der Waals surface area contributed by atoms with E-state index in [2.05, 4.69) is 59.0 Å². The van der Waals surface area contributed by atoms with Crippen LogP contribution in [0.2, 0.25) is 0 Å². The van der Waals surface area contributed by atoms with Crippen molar-refractivity contribution in [2.75, 3.05) is 6.54 Å². The summed E-state index contributed by atoms with van der Waals surface area (Å²) in [5.74, 6) is 0. The first-order valence-electron chi connectivity index (χ1n) is 5.77. The summed E-state index contributed by atoms with van der Waals surface area (Å²) in [6.45, 7) is 14.1. The second-order valence-corrected chi connectivity index (χ2v) is 6.92. The van der Waals surface area contributed by atoms with Gasteiger partial charge in [-0.05, 0) is 53.2 Å². The van der Waals surface area contributed by atoms with Crippen molar-refractivity contribution >= 4 is 17.4 Å². The molecule has 0 fully saturated rings. The van der Waals surface area contributed by atoms with E-state index in [9.17, 15) is 0 Å². The van der Waals surface area contributed by atoms with E-state index < -0.39 is 0 Å². The van der Waals surface area contributed by atoms with Crippen LogP contribution in [0.3, 0.4) is 0 Å². The largest absolute Gasteiger partial charge is 0.308 e. The molecule has 16 heavy (non-hydrogen) atoms. The van der Waals surface area contributed by atoms with E-state index in [1.807, 2.05) is 11.3 Å². The van der Waals surface area contributed by atoms with Gasteiger partial charge in [-0.1, -0.05) is 11.6 Å². The summed E-state index contributed by atoms with van der Waals surface area (Å²) in [5, 5.41) is 3.50. The summed E-state index contributed by atoms with van der Waals surface area (Å²) in [4.78, 5) is 2.80. The molecular weight excluding hydrogens is 214 g/mol. The Balaban J connectivity index is 2.66. The van der Waals surface area contributed by atoms with E-state index in [0.29, 0.717) is 0 Å². The lowest BCUT2D eigenvalue weighted by atomic mass is 10.1. The Morgan fingerprint density at radius 3 is 2.44 bits per heavy atom. The van der Waals surface area contributed by atoms with Crippen LogP contribution < -0.4 is 5.32 Å². The van der Waals surface area contributed by atoms with E-state index in [4.69, 9.17) is 0 Å². The van der Waals surface area contributed by atoms with E-state index in [0.717, 1.165) is 6.54 Å². The van der Waals surface area contributed by atoms with Crippen LogP contribution >= 0.6 is 11.3 Å². The SMILES string of the molecule is CC(=Cc1cc(C)sc1C)CNC(C)(C)C. The van der Waals surface area contributed by atoms with Crippen molar-refractivity contribution in [2.45, 2.75) is 47.1 Å². The maximum Gasteiger partial charge on any atom is 0.0170 e. The number of aryl methyl sites for hydroxylation is 2. The van der Waals surface area contributed by atoms with Crippen LogP contribution in [-0.4, -0.2) is 12.1 Å². The van der Waals surface area contributed by atoms with Gasteiger partial charge in [-0.25, -0.2) is 0 Å². The molecular formula is C14H23NS. The molecule has 0 amide bonds. The first-order valence-corrected chi connectivity index (χ1v) is 6.59. The number of hydrogen-bond acceptors (Lipinski definition) is 2. The summed E-state index contributed by atoms with van der Waals surface area (Å²) < 4.78 is 0. The lowest BCUT2D eigenvalue weighted by Gasteiger charge is -2.20. The van der Waals surface area contributed by atoms with Gasteiger partial charge in [0, 0.05) is 21.8 Å². The zero-order valence-corrected chi connectivity index (χ0v) is 12.1. The smallest absolute Gasteiger partial charge is 0.0170 e. The minimum atomic E-state index is 0.189. The Morgan fingerprint density at radius 1 is 1.38 bits per heavy atom. The van der Waals surface area contributed by atoms with Crippen LogP contribution in [0.15, 0.2) is 11.6 Å². The van der Waals surface area contributed by atoms with Gasteiger partial charge in [-0.2, -0.15) is 0 Å². The molecule has 1 rings (SSSR count). The summed E-state index contributed by atoms with van der Waals surface area (Å²) in [5.41, 5.74) is 2.95. The molecule has 1 nitrogen and oxygen atoms in total. The molecule has 0 aliphatic heterocycles. The molecule has 0 aliphatic rings. The number of hydrogen-bond donors (Lipinski definition) is 1. The molecule has 1 heterocycles. The molecule has 0 bridgehead atoms. The Hall–Kier alpha value is -0.600. The van der Waals surface area contributed by atoms with Crippen molar-refractivity contribution in [1.82, 2.24) is 5.32 Å². The Kier molecular flexibility index (Phi) is 4.34. The van der Waals surface area contributed by atoms with Crippen molar-refractivity contribution < 1.29 is 0 Å². The van der Waals surface area contributed by atoms with Crippen LogP contribution in [0.4, 0.5) is 0 Å². The average molecular weight is 237 g/mol. The van der Waals surface area contributed by atoms with E-state index in [-0.39, 0.29) is 5.54 Å². The highest BCUT2D eigenvalue weighted by Gasteiger charge is 2.08. The van der Waals surface area contributed by atoms with Crippen molar-refractivity contribution in [1.29, 1.82) is 0 Å². The molecule has 1 aromatic heterocycles. The van der Waals surface area contributed by atoms with Crippen LogP contribution in [0.5, 0.6) is 0 Å². The summed E-state index contributed by atoms with van der Waals surface area (Å²) >= 11 is 1.87. The minimum absolute atomic E-state index is 0.189. The normalized spacial score (nSPS) is 13.2. The highest BCUT2D eigenvalue weighted by Crippen LogP contribution is 2.22. The third-order valence-electron chi connectivity index (χ3n) is 2.38. The monoisotopic (exact) mass is 237 g/mol. The van der Waals surface area contributed by atoms with Gasteiger partial charge in [0.2, 0.25) is 0 Å². The van der Waals surface area contributed by atoms with Gasteiger partial charge in [-0.15, -0.1) is 11.3 Å². The molecule has 0 radical (unpaired) electrons. The third-order valence-corrected chi connectivity index (χ3v) is 3.36. The lowest BCUT2D eigenvalue weighted by Crippen LogP contribution is -2.36. The molecule has 0 spiro atoms. The average Bonchev–Trinajstić information content (AvgIpc) is 2.41. The van der Waals surface area contributed by atoms with Gasteiger partial charge in [-0.3, -0.25) is 0 Å². The molecule has 0 aliphatic carbocycles. The Morgan fingerprint density at radius 2 is 2.00 bits per heavy atom. The quantitative estimate of drug-likeness (QED) is 0.832. The Labute approximate surface area is 104 Å². The van der Waals surface area contributed by atoms with Gasteiger partial charge in [0.25, 0.3) is 0 Å². The molecule has 0 saturated carbocycles. The van der Waals surface area contributed by atoms with Crippen LogP contribution in [0.25, 0.3) is 6.08 Å². The van der Waals surface area contributed by atoms with Gasteiger partial charge < -0.3 is 5.32 Å². The van der Waals surface area contributed by atoms with Crippen LogP contribution in [0.1, 0.15) is 43.0 Å². The van der Waals surface area contributed by atoms with Gasteiger partial charge in [0.05, 0.1) is 0 Å². The fourth-order valence-corrected chi connectivity index (χ4v) is 2.42. The molecule has 0 unspecified atom stereocenters. The maximum absolute atomic E-state index is 3.50. The fourth-order valence-electron chi connectivity index (χ4n) is 1.51. The molecule has 0 saturated heterocycles. The molecule has 1 N–H and O–H groups in total. The Bertz CT molecular complexity index is 380. The summed E-state index contributed by atoms with van der Waals surface area (Å²) in [7, 11) is 0. The van der Waals surface area contributed by atoms with Crippen molar-refractivity contribution in [2.24, 2.45) is 0 Å². The third kappa shape index (κ3) is 4.50. The summed E-state index contributed by atoms with van der Waals surface area (Å²) in [6, 6.07) is 2.26. The van der Waals surface area contributed by atoms with Crippen LogP contribution in [0, 0.1) is 13.8 Å². The van der Waals surface area contributed by atoms with Gasteiger partial charge in [0.15, 0.2) is 0 Å². The highest BCUT2D eigenvalue weighted by atomic mass is 32.1. The second-order valence-electron chi connectivity index (χ2n) is 5.46. The zero-order chi connectivity index (χ0) is 12.3. The van der Waals surface area contributed by atoms with Crippen molar-refractivity contribution in [3.8, 4) is 0 Å². The van der Waals surface area contributed by atoms with Crippen molar-refractivity contribution in [3.63, 3.8) is 0 Å². The molecule has 90 valence electrons. The standard InChI is InChI=1S/C14H23NS/c1-10(9-15-14(4,5)6)7-13-8-11(2)16-12(13)3/h7-8,15H,9H2,1-6H3. The highest BCUT2D eigenvalue weighted by molar-refractivity contribution is 7.12. The first kappa shape index (κ1) is 13.5. The predicted octanol–water partition coefficient (Wildman–Crippen LogP) is 4.16. The van der Waals surface area contributed by atoms with Gasteiger partial charge in [0.1, 0.15) is 0 Å². The lowest BCUT2D eigenvalue weighted by molar-refractivity contribution is 0.445. The van der Waals surface area contributed by atoms with Crippen LogP contribution in [-0.2, 0) is 0 Å². The summed E-state index contributed by atoms with van der Waals surface area (Å²) in [6.07, 6.45) is 2.29. The first-order chi connectivity index (χ1) is 7.28. The predicted molar refractivity (Wildman–Crippen MR) is 75.2 cm³/mol. The number of nitrogens with one attached hydrogen (secondary N) is 1. The van der Waals surface area contributed by atoms with E-state index >= 15 is 0 Å². The number of rotatable bonds is 3. The van der Waals surface area contributed by atoms with Gasteiger partial charge >= 0.3 is 0 Å². The molecule has 0 aromatic carbocycles. The second kappa shape index (κ2) is 5.15. The molecule has 1 aromatic rings. The van der Waals surface area contributed by atoms with E-state index in [1.54, 1.807) is 0 Å². The minimum Gasteiger partial charge on any atom is -0.308 e. The molecule has 2 heteroatoms.